The van der Waals surface area contributed by atoms with Crippen molar-refractivity contribution in [3.05, 3.63) is 47.9 Å². The first-order valence-corrected chi connectivity index (χ1v) is 11.6. The minimum Gasteiger partial charge on any atom is -0.366 e. The molecule has 2 aliphatic rings. The number of halogens is 1. The number of sulfonamides is 1. The highest BCUT2D eigenvalue weighted by Crippen LogP contribution is 2.25. The molecule has 0 bridgehead atoms. The van der Waals surface area contributed by atoms with Crippen molar-refractivity contribution in [3.63, 3.8) is 0 Å². The van der Waals surface area contributed by atoms with Gasteiger partial charge in [-0.15, -0.1) is 0 Å². The number of piperazine rings is 1. The zero-order chi connectivity index (χ0) is 21.1. The fourth-order valence-corrected chi connectivity index (χ4v) is 5.44. The number of hydrogen-bond donors (Lipinski definition) is 0. The average Bonchev–Trinajstić information content (AvgIpc) is 2.80. The first kappa shape index (κ1) is 20.6. The molecule has 0 saturated carbocycles. The molecule has 2 saturated heterocycles. The van der Waals surface area contributed by atoms with Gasteiger partial charge in [-0.05, 0) is 43.2 Å². The topological polar surface area (TPSA) is 80.5 Å². The maximum Gasteiger partial charge on any atom is 0.244 e. The van der Waals surface area contributed by atoms with Crippen molar-refractivity contribution in [2.75, 3.05) is 49.1 Å². The van der Waals surface area contributed by atoms with Crippen LogP contribution in [-0.2, 0) is 10.0 Å². The molecular weight excluding hydrogens is 405 g/mol. The fourth-order valence-electron chi connectivity index (χ4n) is 3.98. The molecule has 0 unspecified atom stereocenters. The normalized spacial score (nSPS) is 18.3. The number of aromatic nitrogens is 1. The number of nitrogens with zero attached hydrogens (tertiary/aromatic N) is 5. The minimum atomic E-state index is -3.49. The van der Waals surface area contributed by atoms with Gasteiger partial charge in [-0.2, -0.15) is 9.57 Å². The molecule has 158 valence electrons. The standard InChI is InChI=1S/C21H24FN5O2S/c22-19-14-17(15-23)4-6-20(19)25-10-12-26(13-11-25)21-7-5-18(16-24-21)30(28,29)27-8-2-1-3-9-27/h4-7,14,16H,1-3,8-13H2. The Kier molecular flexibility index (Phi) is 5.88. The molecule has 0 amide bonds. The lowest BCUT2D eigenvalue weighted by Gasteiger charge is -2.37. The Labute approximate surface area is 176 Å². The summed E-state index contributed by atoms with van der Waals surface area (Å²) in [4.78, 5) is 8.63. The Morgan fingerprint density at radius 1 is 0.933 bits per heavy atom. The molecule has 9 heteroatoms. The molecule has 0 spiro atoms. The zero-order valence-electron chi connectivity index (χ0n) is 16.7. The maximum atomic E-state index is 14.3. The summed E-state index contributed by atoms with van der Waals surface area (Å²) in [6, 6.07) is 9.82. The zero-order valence-corrected chi connectivity index (χ0v) is 17.5. The molecule has 30 heavy (non-hydrogen) atoms. The van der Waals surface area contributed by atoms with Gasteiger partial charge in [0.25, 0.3) is 0 Å². The molecule has 1 aromatic carbocycles. The molecule has 4 rings (SSSR count). The molecule has 2 fully saturated rings. The van der Waals surface area contributed by atoms with Crippen LogP contribution in [0.4, 0.5) is 15.9 Å². The Bertz CT molecular complexity index is 1040. The van der Waals surface area contributed by atoms with Crippen LogP contribution in [0, 0.1) is 17.1 Å². The van der Waals surface area contributed by atoms with Crippen molar-refractivity contribution in [2.24, 2.45) is 0 Å². The van der Waals surface area contributed by atoms with Gasteiger partial charge in [0, 0.05) is 45.5 Å². The van der Waals surface area contributed by atoms with Crippen molar-refractivity contribution in [2.45, 2.75) is 24.2 Å². The quantitative estimate of drug-likeness (QED) is 0.743. The number of anilines is 2. The summed E-state index contributed by atoms with van der Waals surface area (Å²) in [5, 5.41) is 8.88. The predicted octanol–water partition coefficient (Wildman–Crippen LogP) is 2.59. The molecule has 2 aliphatic heterocycles. The summed E-state index contributed by atoms with van der Waals surface area (Å²) in [5.41, 5.74) is 0.795. The van der Waals surface area contributed by atoms with E-state index in [1.54, 1.807) is 24.3 Å². The summed E-state index contributed by atoms with van der Waals surface area (Å²) in [5.74, 6) is 0.320. The lowest BCUT2D eigenvalue weighted by atomic mass is 10.2. The van der Waals surface area contributed by atoms with Crippen LogP contribution < -0.4 is 9.80 Å². The summed E-state index contributed by atoms with van der Waals surface area (Å²) in [6.07, 6.45) is 4.30. The molecule has 0 aliphatic carbocycles. The fraction of sp³-hybridized carbons (Fsp3) is 0.429. The number of rotatable bonds is 4. The monoisotopic (exact) mass is 429 g/mol. The third kappa shape index (κ3) is 4.11. The van der Waals surface area contributed by atoms with Crippen LogP contribution in [0.1, 0.15) is 24.8 Å². The highest BCUT2D eigenvalue weighted by Gasteiger charge is 2.27. The number of benzene rings is 1. The van der Waals surface area contributed by atoms with Gasteiger partial charge in [-0.3, -0.25) is 0 Å². The summed E-state index contributed by atoms with van der Waals surface area (Å²) < 4.78 is 41.3. The second-order valence-electron chi connectivity index (χ2n) is 7.57. The molecule has 2 aromatic rings. The van der Waals surface area contributed by atoms with Crippen molar-refractivity contribution < 1.29 is 12.8 Å². The van der Waals surface area contributed by atoms with E-state index in [2.05, 4.69) is 9.88 Å². The van der Waals surface area contributed by atoms with Crippen molar-refractivity contribution in [1.29, 1.82) is 5.26 Å². The summed E-state index contributed by atoms with van der Waals surface area (Å²) >= 11 is 0. The number of nitriles is 1. The summed E-state index contributed by atoms with van der Waals surface area (Å²) in [7, 11) is -3.49. The van der Waals surface area contributed by atoms with Crippen LogP contribution in [0.5, 0.6) is 0 Å². The van der Waals surface area contributed by atoms with Gasteiger partial charge in [-0.25, -0.2) is 17.8 Å². The van der Waals surface area contributed by atoms with E-state index in [-0.39, 0.29) is 4.90 Å². The van der Waals surface area contributed by atoms with Crippen molar-refractivity contribution in [3.8, 4) is 6.07 Å². The Balaban J connectivity index is 1.41. The Morgan fingerprint density at radius 2 is 1.63 bits per heavy atom. The second-order valence-corrected chi connectivity index (χ2v) is 9.51. The van der Waals surface area contributed by atoms with E-state index >= 15 is 0 Å². The molecule has 1 aromatic heterocycles. The van der Waals surface area contributed by atoms with E-state index in [9.17, 15) is 12.8 Å². The van der Waals surface area contributed by atoms with Crippen LogP contribution in [-0.4, -0.2) is 57.0 Å². The molecule has 0 N–H and O–H groups in total. The third-order valence-electron chi connectivity index (χ3n) is 5.69. The second kappa shape index (κ2) is 8.58. The van der Waals surface area contributed by atoms with Crippen LogP contribution in [0.25, 0.3) is 0 Å². The lowest BCUT2D eigenvalue weighted by molar-refractivity contribution is 0.346. The first-order valence-electron chi connectivity index (χ1n) is 10.1. The lowest BCUT2D eigenvalue weighted by Crippen LogP contribution is -2.47. The van der Waals surface area contributed by atoms with Gasteiger partial charge in [0.15, 0.2) is 0 Å². The van der Waals surface area contributed by atoms with E-state index in [0.717, 1.165) is 19.3 Å². The first-order chi connectivity index (χ1) is 14.5. The molecule has 3 heterocycles. The number of pyridine rings is 1. The maximum absolute atomic E-state index is 14.3. The highest BCUT2D eigenvalue weighted by atomic mass is 32.2. The highest BCUT2D eigenvalue weighted by molar-refractivity contribution is 7.89. The molecule has 7 nitrogen and oxygen atoms in total. The van der Waals surface area contributed by atoms with E-state index in [0.29, 0.717) is 56.3 Å². The summed E-state index contributed by atoms with van der Waals surface area (Å²) in [6.45, 7) is 3.64. The molecular formula is C21H24FN5O2S. The van der Waals surface area contributed by atoms with Crippen molar-refractivity contribution in [1.82, 2.24) is 9.29 Å². The van der Waals surface area contributed by atoms with Gasteiger partial charge in [0.1, 0.15) is 16.5 Å². The van der Waals surface area contributed by atoms with Crippen LogP contribution in [0.2, 0.25) is 0 Å². The largest absolute Gasteiger partial charge is 0.366 e. The van der Waals surface area contributed by atoms with Crippen LogP contribution >= 0.6 is 0 Å². The average molecular weight is 430 g/mol. The van der Waals surface area contributed by atoms with Crippen molar-refractivity contribution >= 4 is 21.5 Å². The van der Waals surface area contributed by atoms with Gasteiger partial charge in [-0.1, -0.05) is 6.42 Å². The smallest absolute Gasteiger partial charge is 0.244 e. The van der Waals surface area contributed by atoms with Crippen LogP contribution in [0.15, 0.2) is 41.4 Å². The van der Waals surface area contributed by atoms with Crippen LogP contribution in [0.3, 0.4) is 0 Å². The van der Waals surface area contributed by atoms with E-state index in [1.807, 2.05) is 11.0 Å². The SMILES string of the molecule is N#Cc1ccc(N2CCN(c3ccc(S(=O)(=O)N4CCCCC4)cn3)CC2)c(F)c1. The predicted molar refractivity (Wildman–Crippen MR) is 112 cm³/mol. The number of hydrogen-bond acceptors (Lipinski definition) is 6. The van der Waals surface area contributed by atoms with E-state index in [1.165, 1.54) is 16.6 Å². The number of piperidine rings is 1. The third-order valence-corrected chi connectivity index (χ3v) is 7.58. The molecule has 0 radical (unpaired) electrons. The van der Waals surface area contributed by atoms with Gasteiger partial charge in [0.05, 0.1) is 17.3 Å². The minimum absolute atomic E-state index is 0.228. The van der Waals surface area contributed by atoms with Gasteiger partial charge >= 0.3 is 0 Å². The van der Waals surface area contributed by atoms with Gasteiger partial charge in [0.2, 0.25) is 10.0 Å². The van der Waals surface area contributed by atoms with E-state index in [4.69, 9.17) is 5.26 Å². The Hall–Kier alpha value is -2.70. The molecule has 0 atom stereocenters. The Morgan fingerprint density at radius 3 is 2.23 bits per heavy atom. The van der Waals surface area contributed by atoms with Gasteiger partial charge < -0.3 is 9.80 Å². The van der Waals surface area contributed by atoms with E-state index < -0.39 is 15.8 Å².